The van der Waals surface area contributed by atoms with Gasteiger partial charge < -0.3 is 15.0 Å². The number of nitrogens with one attached hydrogen (secondary N) is 2. The van der Waals surface area contributed by atoms with Crippen molar-refractivity contribution in [1.29, 1.82) is 0 Å². The Labute approximate surface area is 168 Å². The third-order valence-electron chi connectivity index (χ3n) is 4.30. The summed E-state index contributed by atoms with van der Waals surface area (Å²) in [7, 11) is 0. The monoisotopic (exact) mass is 432 g/mol. The number of urea groups is 1. The highest BCUT2D eigenvalue weighted by Crippen LogP contribution is 2.31. The molecule has 10 nitrogen and oxygen atoms in total. The predicted octanol–water partition coefficient (Wildman–Crippen LogP) is 1.74. The fourth-order valence-electron chi connectivity index (χ4n) is 2.88. The van der Waals surface area contributed by atoms with Gasteiger partial charge in [-0.1, -0.05) is 12.1 Å². The quantitative estimate of drug-likeness (QED) is 0.398. The van der Waals surface area contributed by atoms with Crippen LogP contribution in [0.1, 0.15) is 12.8 Å². The SMILES string of the molecule is O=C(COC(=O)C1CCN(c2ccccc2[N+](=O)[O-])CC1)NC(=O)NCC(F)(F)F. The van der Waals surface area contributed by atoms with Gasteiger partial charge in [-0.25, -0.2) is 4.79 Å². The fraction of sp³-hybridized carbons (Fsp3) is 0.471. The average Bonchev–Trinajstić information content (AvgIpc) is 2.70. The van der Waals surface area contributed by atoms with Gasteiger partial charge in [-0.2, -0.15) is 13.2 Å². The number of rotatable bonds is 6. The number of esters is 1. The van der Waals surface area contributed by atoms with Crippen LogP contribution in [-0.2, 0) is 14.3 Å². The average molecular weight is 432 g/mol. The van der Waals surface area contributed by atoms with Crippen molar-refractivity contribution in [3.8, 4) is 0 Å². The highest BCUT2D eigenvalue weighted by atomic mass is 19.4. The molecule has 1 aromatic rings. The highest BCUT2D eigenvalue weighted by Gasteiger charge is 2.30. The van der Waals surface area contributed by atoms with Crippen molar-refractivity contribution in [3.05, 3.63) is 34.4 Å². The fourth-order valence-corrected chi connectivity index (χ4v) is 2.88. The number of imide groups is 1. The second-order valence-electron chi connectivity index (χ2n) is 6.46. The molecular weight excluding hydrogens is 413 g/mol. The number of hydrogen-bond acceptors (Lipinski definition) is 7. The Hall–Kier alpha value is -3.38. The lowest BCUT2D eigenvalue weighted by Gasteiger charge is -2.32. The largest absolute Gasteiger partial charge is 0.455 e. The van der Waals surface area contributed by atoms with E-state index in [1.807, 2.05) is 0 Å². The molecule has 0 atom stereocenters. The number of halogens is 3. The lowest BCUT2D eigenvalue weighted by Crippen LogP contribution is -2.45. The van der Waals surface area contributed by atoms with Crippen LogP contribution in [0.2, 0.25) is 0 Å². The molecule has 0 aliphatic carbocycles. The third kappa shape index (κ3) is 6.90. The maximum atomic E-state index is 12.1. The van der Waals surface area contributed by atoms with E-state index in [0.717, 1.165) is 0 Å². The molecule has 1 aliphatic heterocycles. The molecule has 13 heteroatoms. The summed E-state index contributed by atoms with van der Waals surface area (Å²) in [5.41, 5.74) is 0.401. The molecule has 2 N–H and O–H groups in total. The molecule has 0 radical (unpaired) electrons. The van der Waals surface area contributed by atoms with E-state index in [1.54, 1.807) is 28.4 Å². The zero-order valence-electron chi connectivity index (χ0n) is 15.6. The molecular formula is C17H19F3N4O6. The number of nitro benzene ring substituents is 1. The first-order valence-corrected chi connectivity index (χ1v) is 8.86. The maximum absolute atomic E-state index is 12.1. The van der Waals surface area contributed by atoms with E-state index in [4.69, 9.17) is 4.74 Å². The number of nitro groups is 1. The molecule has 1 fully saturated rings. The molecule has 0 unspecified atom stereocenters. The summed E-state index contributed by atoms with van der Waals surface area (Å²) in [6, 6.07) is 4.88. The van der Waals surface area contributed by atoms with Gasteiger partial charge in [0.15, 0.2) is 6.61 Å². The van der Waals surface area contributed by atoms with E-state index < -0.39 is 48.1 Å². The van der Waals surface area contributed by atoms with Crippen LogP contribution in [0.3, 0.4) is 0 Å². The van der Waals surface area contributed by atoms with Gasteiger partial charge in [-0.15, -0.1) is 0 Å². The minimum absolute atomic E-state index is 0.0426. The molecule has 0 saturated carbocycles. The molecule has 0 aromatic heterocycles. The van der Waals surface area contributed by atoms with Crippen LogP contribution >= 0.6 is 0 Å². The van der Waals surface area contributed by atoms with Crippen LogP contribution in [0.15, 0.2) is 24.3 Å². The first-order valence-electron chi connectivity index (χ1n) is 8.86. The molecule has 1 saturated heterocycles. The number of para-hydroxylation sites is 2. The van der Waals surface area contributed by atoms with Gasteiger partial charge in [0, 0.05) is 19.2 Å². The molecule has 2 rings (SSSR count). The zero-order chi connectivity index (χ0) is 22.3. The van der Waals surface area contributed by atoms with Gasteiger partial charge in [0.1, 0.15) is 12.2 Å². The second kappa shape index (κ2) is 9.89. The Balaban J connectivity index is 1.76. The maximum Gasteiger partial charge on any atom is 0.405 e. The van der Waals surface area contributed by atoms with Crippen molar-refractivity contribution in [3.63, 3.8) is 0 Å². The lowest BCUT2D eigenvalue weighted by molar-refractivity contribution is -0.384. The van der Waals surface area contributed by atoms with Crippen molar-refractivity contribution < 1.29 is 37.2 Å². The van der Waals surface area contributed by atoms with Crippen molar-refractivity contribution in [2.45, 2.75) is 19.0 Å². The highest BCUT2D eigenvalue weighted by molar-refractivity contribution is 5.95. The van der Waals surface area contributed by atoms with E-state index in [1.165, 1.54) is 11.4 Å². The molecule has 1 aliphatic rings. The van der Waals surface area contributed by atoms with Crippen LogP contribution in [0.5, 0.6) is 0 Å². The van der Waals surface area contributed by atoms with Crippen molar-refractivity contribution in [2.24, 2.45) is 5.92 Å². The van der Waals surface area contributed by atoms with Gasteiger partial charge in [0.2, 0.25) is 0 Å². The van der Waals surface area contributed by atoms with Crippen LogP contribution in [0, 0.1) is 16.0 Å². The number of anilines is 1. The van der Waals surface area contributed by atoms with Gasteiger partial charge in [0.05, 0.1) is 10.8 Å². The first kappa shape index (κ1) is 22.9. The first-order chi connectivity index (χ1) is 14.1. The van der Waals surface area contributed by atoms with Gasteiger partial charge >= 0.3 is 18.2 Å². The van der Waals surface area contributed by atoms with Crippen LogP contribution in [0.25, 0.3) is 0 Å². The number of hydrogen-bond donors (Lipinski definition) is 2. The van der Waals surface area contributed by atoms with Gasteiger partial charge in [-0.05, 0) is 18.9 Å². The summed E-state index contributed by atoms with van der Waals surface area (Å²) in [6.07, 6.45) is -3.96. The third-order valence-corrected chi connectivity index (χ3v) is 4.30. The van der Waals surface area contributed by atoms with E-state index >= 15 is 0 Å². The normalized spacial score (nSPS) is 14.7. The zero-order valence-corrected chi connectivity index (χ0v) is 15.6. The Morgan fingerprint density at radius 2 is 1.83 bits per heavy atom. The Morgan fingerprint density at radius 3 is 2.43 bits per heavy atom. The van der Waals surface area contributed by atoms with E-state index in [-0.39, 0.29) is 5.69 Å². The Kier molecular flexibility index (Phi) is 7.55. The Morgan fingerprint density at radius 1 is 1.20 bits per heavy atom. The number of nitrogens with zero attached hydrogens (tertiary/aromatic N) is 2. The smallest absolute Gasteiger partial charge is 0.405 e. The molecule has 1 aromatic carbocycles. The minimum Gasteiger partial charge on any atom is -0.455 e. The van der Waals surface area contributed by atoms with Crippen molar-refractivity contribution in [2.75, 3.05) is 31.1 Å². The van der Waals surface area contributed by atoms with Crippen molar-refractivity contribution in [1.82, 2.24) is 10.6 Å². The predicted molar refractivity (Wildman–Crippen MR) is 96.6 cm³/mol. The number of alkyl halides is 3. The number of ether oxygens (including phenoxy) is 1. The number of carbonyl (C=O) groups is 3. The summed E-state index contributed by atoms with van der Waals surface area (Å²) in [6.45, 7) is -1.71. The number of benzene rings is 1. The van der Waals surface area contributed by atoms with Crippen LogP contribution < -0.4 is 15.5 Å². The number of amides is 3. The summed E-state index contributed by atoms with van der Waals surface area (Å²) >= 11 is 0. The molecule has 30 heavy (non-hydrogen) atoms. The van der Waals surface area contributed by atoms with E-state index in [0.29, 0.717) is 31.6 Å². The summed E-state index contributed by atoms with van der Waals surface area (Å²) in [4.78, 5) is 47.2. The summed E-state index contributed by atoms with van der Waals surface area (Å²) in [5, 5.41) is 14.2. The van der Waals surface area contributed by atoms with Gasteiger partial charge in [-0.3, -0.25) is 25.0 Å². The van der Waals surface area contributed by atoms with E-state index in [2.05, 4.69) is 0 Å². The number of carbonyl (C=O) groups excluding carboxylic acids is 3. The standard InChI is InChI=1S/C17H19F3N4O6/c18-17(19,20)10-21-16(27)22-14(25)9-30-15(26)11-5-7-23(8-6-11)12-3-1-2-4-13(12)24(28)29/h1-4,11H,5-10H2,(H2,21,22,25,27). The second-order valence-corrected chi connectivity index (χ2v) is 6.46. The number of piperidine rings is 1. The van der Waals surface area contributed by atoms with Crippen molar-refractivity contribution >= 4 is 29.3 Å². The van der Waals surface area contributed by atoms with Crippen LogP contribution in [-0.4, -0.2) is 55.2 Å². The molecule has 3 amide bonds. The lowest BCUT2D eigenvalue weighted by atomic mass is 9.96. The molecule has 1 heterocycles. The van der Waals surface area contributed by atoms with Gasteiger partial charge in [0.25, 0.3) is 11.6 Å². The molecule has 0 spiro atoms. The Bertz CT molecular complexity index is 809. The topological polar surface area (TPSA) is 131 Å². The summed E-state index contributed by atoms with van der Waals surface area (Å²) in [5.74, 6) is -2.31. The minimum atomic E-state index is -4.62. The molecule has 164 valence electrons. The van der Waals surface area contributed by atoms with Crippen LogP contribution in [0.4, 0.5) is 29.3 Å². The summed E-state index contributed by atoms with van der Waals surface area (Å²) < 4.78 is 40.7. The molecule has 0 bridgehead atoms. The van der Waals surface area contributed by atoms with E-state index in [9.17, 15) is 37.7 Å².